The molecule has 1 fully saturated rings. The highest BCUT2D eigenvalue weighted by Crippen LogP contribution is 2.13. The Labute approximate surface area is 112 Å². The molecule has 0 aromatic heterocycles. The molecule has 19 heavy (non-hydrogen) atoms. The summed E-state index contributed by atoms with van der Waals surface area (Å²) in [5, 5.41) is 5.03. The smallest absolute Gasteiger partial charge is 0.409 e. The van der Waals surface area contributed by atoms with Gasteiger partial charge in [-0.2, -0.15) is 0 Å². The summed E-state index contributed by atoms with van der Waals surface area (Å²) in [5.74, 6) is -0.354. The molecule has 1 heterocycles. The van der Waals surface area contributed by atoms with E-state index in [1.54, 1.807) is 34.6 Å². The summed E-state index contributed by atoms with van der Waals surface area (Å²) in [5.41, 5.74) is -0.632. The van der Waals surface area contributed by atoms with Gasteiger partial charge in [-0.25, -0.2) is 14.5 Å². The molecule has 0 bridgehead atoms. The minimum atomic E-state index is -0.702. The number of alkyl carbamates (subject to hydrolysis) is 1. The van der Waals surface area contributed by atoms with Crippen LogP contribution in [0.25, 0.3) is 0 Å². The van der Waals surface area contributed by atoms with Crippen LogP contribution in [-0.4, -0.2) is 40.7 Å². The summed E-state index contributed by atoms with van der Waals surface area (Å²) >= 11 is 0. The van der Waals surface area contributed by atoms with E-state index in [9.17, 15) is 14.4 Å². The van der Waals surface area contributed by atoms with Crippen LogP contribution in [0.5, 0.6) is 0 Å². The van der Waals surface area contributed by atoms with Crippen LogP contribution in [0, 0.1) is 0 Å². The van der Waals surface area contributed by atoms with Crippen molar-refractivity contribution < 1.29 is 19.1 Å². The van der Waals surface area contributed by atoms with Crippen molar-refractivity contribution in [1.82, 2.24) is 15.5 Å². The highest BCUT2D eigenvalue weighted by molar-refractivity contribution is 6.04. The molecule has 2 atom stereocenters. The number of urea groups is 1. The minimum absolute atomic E-state index is 0.354. The number of hydrogen-bond donors (Lipinski definition) is 2. The van der Waals surface area contributed by atoms with E-state index in [-0.39, 0.29) is 5.91 Å². The van der Waals surface area contributed by atoms with E-state index in [1.165, 1.54) is 0 Å². The molecule has 1 aliphatic rings. The molecule has 0 aromatic carbocycles. The molecule has 0 radical (unpaired) electrons. The molecule has 2 N–H and O–H groups in total. The highest BCUT2D eigenvalue weighted by atomic mass is 16.6. The Morgan fingerprint density at radius 2 is 2.05 bits per heavy atom. The van der Waals surface area contributed by atoms with E-state index >= 15 is 0 Å². The second-order valence-corrected chi connectivity index (χ2v) is 5.45. The van der Waals surface area contributed by atoms with Crippen molar-refractivity contribution in [3.8, 4) is 0 Å². The molecule has 108 valence electrons. The van der Waals surface area contributed by atoms with Crippen molar-refractivity contribution in [3.63, 3.8) is 0 Å². The van der Waals surface area contributed by atoms with Crippen molar-refractivity contribution in [1.29, 1.82) is 0 Å². The Bertz CT molecular complexity index is 389. The zero-order valence-electron chi connectivity index (χ0n) is 11.9. The first-order chi connectivity index (χ1) is 8.65. The maximum absolute atomic E-state index is 11.8. The Morgan fingerprint density at radius 1 is 1.47 bits per heavy atom. The van der Waals surface area contributed by atoms with Gasteiger partial charge in [0.1, 0.15) is 17.8 Å². The molecule has 0 aliphatic carbocycles. The summed E-state index contributed by atoms with van der Waals surface area (Å²) in [6, 6.07) is -1.07. The van der Waals surface area contributed by atoms with Gasteiger partial charge >= 0.3 is 12.1 Å². The van der Waals surface area contributed by atoms with E-state index in [0.29, 0.717) is 6.42 Å². The van der Waals surface area contributed by atoms with E-state index in [2.05, 4.69) is 10.6 Å². The number of carbonyl (C=O) groups is 3. The van der Waals surface area contributed by atoms with E-state index in [4.69, 9.17) is 4.74 Å². The number of nitrogens with one attached hydrogen (secondary N) is 2. The van der Waals surface area contributed by atoms with Crippen LogP contribution in [-0.2, 0) is 9.53 Å². The zero-order chi connectivity index (χ0) is 14.8. The van der Waals surface area contributed by atoms with Gasteiger partial charge in [-0.1, -0.05) is 6.92 Å². The Hall–Kier alpha value is -1.79. The largest absolute Gasteiger partial charge is 0.444 e. The second-order valence-electron chi connectivity index (χ2n) is 5.45. The summed E-state index contributed by atoms with van der Waals surface area (Å²) < 4.78 is 5.11. The van der Waals surface area contributed by atoms with Gasteiger partial charge < -0.3 is 15.4 Å². The standard InChI is InChI=1S/C12H21N3O4/c1-6-8(14-11(18)19-12(3,4)5)15-9(16)7(2)13-10(15)17/h7-8H,6H2,1-5H3,(H,13,17)(H,14,18)/t7-,8?/m1/s1. The van der Waals surface area contributed by atoms with Crippen LogP contribution in [0.4, 0.5) is 9.59 Å². The van der Waals surface area contributed by atoms with Crippen LogP contribution >= 0.6 is 0 Å². The predicted molar refractivity (Wildman–Crippen MR) is 68.3 cm³/mol. The van der Waals surface area contributed by atoms with E-state index in [0.717, 1.165) is 4.90 Å². The van der Waals surface area contributed by atoms with Crippen molar-refractivity contribution in [2.24, 2.45) is 0 Å². The minimum Gasteiger partial charge on any atom is -0.444 e. The van der Waals surface area contributed by atoms with Crippen LogP contribution in [0.15, 0.2) is 0 Å². The lowest BCUT2D eigenvalue weighted by Gasteiger charge is -2.27. The van der Waals surface area contributed by atoms with Gasteiger partial charge in [-0.05, 0) is 34.1 Å². The molecule has 0 spiro atoms. The molecule has 7 heteroatoms. The average Bonchev–Trinajstić information content (AvgIpc) is 2.48. The Morgan fingerprint density at radius 3 is 2.42 bits per heavy atom. The van der Waals surface area contributed by atoms with Crippen LogP contribution in [0.1, 0.15) is 41.0 Å². The third-order valence-corrected chi connectivity index (χ3v) is 2.55. The SMILES string of the molecule is CCC(NC(=O)OC(C)(C)C)N1C(=O)N[C@H](C)C1=O. The predicted octanol–water partition coefficient (Wildman–Crippen LogP) is 1.19. The van der Waals surface area contributed by atoms with Crippen LogP contribution < -0.4 is 10.6 Å². The third-order valence-electron chi connectivity index (χ3n) is 2.55. The van der Waals surface area contributed by atoms with Gasteiger partial charge in [0.15, 0.2) is 0 Å². The average molecular weight is 271 g/mol. The van der Waals surface area contributed by atoms with Gasteiger partial charge in [0.2, 0.25) is 0 Å². The molecule has 1 saturated heterocycles. The van der Waals surface area contributed by atoms with E-state index < -0.39 is 29.9 Å². The third kappa shape index (κ3) is 3.84. The first kappa shape index (κ1) is 15.3. The fourth-order valence-corrected chi connectivity index (χ4v) is 1.71. The molecule has 1 rings (SSSR count). The first-order valence-electron chi connectivity index (χ1n) is 6.28. The normalized spacial score (nSPS) is 21.1. The van der Waals surface area contributed by atoms with Gasteiger partial charge in [0.25, 0.3) is 5.91 Å². The Kier molecular flexibility index (Phi) is 4.39. The molecule has 0 aromatic rings. The summed E-state index contributed by atoms with van der Waals surface area (Å²) in [4.78, 5) is 36.2. The molecule has 1 aliphatic heterocycles. The van der Waals surface area contributed by atoms with Crippen molar-refractivity contribution in [3.05, 3.63) is 0 Å². The topological polar surface area (TPSA) is 87.7 Å². The lowest BCUT2D eigenvalue weighted by Crippen LogP contribution is -2.52. The molecular formula is C12H21N3O4. The highest BCUT2D eigenvalue weighted by Gasteiger charge is 2.40. The molecule has 1 unspecified atom stereocenters. The number of ether oxygens (including phenoxy) is 1. The Balaban J connectivity index is 2.71. The molecular weight excluding hydrogens is 250 g/mol. The summed E-state index contributed by atoms with van der Waals surface area (Å²) in [6.45, 7) is 8.59. The van der Waals surface area contributed by atoms with Crippen LogP contribution in [0.3, 0.4) is 0 Å². The van der Waals surface area contributed by atoms with Crippen molar-refractivity contribution in [2.75, 3.05) is 0 Å². The van der Waals surface area contributed by atoms with Crippen molar-refractivity contribution >= 4 is 18.0 Å². The van der Waals surface area contributed by atoms with Gasteiger partial charge in [-0.3, -0.25) is 4.79 Å². The maximum atomic E-state index is 11.8. The number of amides is 4. The van der Waals surface area contributed by atoms with Crippen LogP contribution in [0.2, 0.25) is 0 Å². The number of carbonyl (C=O) groups excluding carboxylic acids is 3. The number of imide groups is 1. The van der Waals surface area contributed by atoms with Gasteiger partial charge in [0.05, 0.1) is 0 Å². The van der Waals surface area contributed by atoms with Crippen molar-refractivity contribution in [2.45, 2.75) is 58.8 Å². The second kappa shape index (κ2) is 5.46. The van der Waals surface area contributed by atoms with Gasteiger partial charge in [0, 0.05) is 0 Å². The monoisotopic (exact) mass is 271 g/mol. The van der Waals surface area contributed by atoms with E-state index in [1.807, 2.05) is 0 Å². The lowest BCUT2D eigenvalue weighted by atomic mass is 10.2. The number of hydrogen-bond acceptors (Lipinski definition) is 4. The summed E-state index contributed by atoms with van der Waals surface area (Å²) in [7, 11) is 0. The molecule has 4 amide bonds. The number of rotatable bonds is 3. The molecule has 7 nitrogen and oxygen atoms in total. The zero-order valence-corrected chi connectivity index (χ0v) is 11.9. The fraction of sp³-hybridized carbons (Fsp3) is 0.750. The lowest BCUT2D eigenvalue weighted by molar-refractivity contribution is -0.129. The maximum Gasteiger partial charge on any atom is 0.409 e. The van der Waals surface area contributed by atoms with Gasteiger partial charge in [-0.15, -0.1) is 0 Å². The summed E-state index contributed by atoms with van der Waals surface area (Å²) in [6.07, 6.45) is -0.947. The first-order valence-corrected chi connectivity index (χ1v) is 6.28. The number of nitrogens with zero attached hydrogens (tertiary/aromatic N) is 1. The fourth-order valence-electron chi connectivity index (χ4n) is 1.71. The molecule has 0 saturated carbocycles. The quantitative estimate of drug-likeness (QED) is 0.755.